The van der Waals surface area contributed by atoms with Crippen LogP contribution in [-0.4, -0.2) is 24.4 Å². The number of amides is 1. The number of nitrogens with zero attached hydrogens (tertiary/aromatic N) is 2. The molecule has 0 atom stereocenters. The van der Waals surface area contributed by atoms with Crippen LogP contribution in [0.2, 0.25) is 0 Å². The summed E-state index contributed by atoms with van der Waals surface area (Å²) in [6.07, 6.45) is 0. The van der Waals surface area contributed by atoms with Crippen LogP contribution >= 0.6 is 15.9 Å². The first kappa shape index (κ1) is 9.81. The van der Waals surface area contributed by atoms with E-state index in [9.17, 15) is 4.79 Å². The molecule has 0 radical (unpaired) electrons. The fourth-order valence-electron chi connectivity index (χ4n) is 0.795. The van der Waals surface area contributed by atoms with E-state index >= 15 is 0 Å². The van der Waals surface area contributed by atoms with Gasteiger partial charge in [0.25, 0.3) is 5.91 Å². The SMILES string of the molecule is CN(CC#N)C(=O)c1ccc(Br)o1. The summed E-state index contributed by atoms with van der Waals surface area (Å²) in [7, 11) is 1.54. The molecule has 1 amide bonds. The minimum absolute atomic E-state index is 0.0527. The number of carbonyl (C=O) groups is 1. The zero-order valence-electron chi connectivity index (χ0n) is 6.95. The highest BCUT2D eigenvalue weighted by Gasteiger charge is 2.14. The Morgan fingerprint density at radius 3 is 2.92 bits per heavy atom. The second-order valence-electron chi connectivity index (χ2n) is 2.42. The Balaban J connectivity index is 2.74. The Morgan fingerprint density at radius 1 is 1.77 bits per heavy atom. The molecule has 1 aromatic rings. The number of hydrogen-bond donors (Lipinski definition) is 0. The van der Waals surface area contributed by atoms with Crippen LogP contribution in [0, 0.1) is 11.3 Å². The second-order valence-corrected chi connectivity index (χ2v) is 3.20. The lowest BCUT2D eigenvalue weighted by molar-refractivity contribution is 0.0779. The molecule has 0 fully saturated rings. The maximum atomic E-state index is 11.4. The fraction of sp³-hybridized carbons (Fsp3) is 0.250. The Morgan fingerprint density at radius 2 is 2.46 bits per heavy atom. The van der Waals surface area contributed by atoms with Crippen molar-refractivity contribution in [1.29, 1.82) is 5.26 Å². The maximum Gasteiger partial charge on any atom is 0.290 e. The van der Waals surface area contributed by atoms with Crippen molar-refractivity contribution in [3.63, 3.8) is 0 Å². The van der Waals surface area contributed by atoms with Crippen molar-refractivity contribution in [2.45, 2.75) is 0 Å². The third-order valence-electron chi connectivity index (χ3n) is 1.44. The largest absolute Gasteiger partial charge is 0.444 e. The van der Waals surface area contributed by atoms with Crippen molar-refractivity contribution in [3.05, 3.63) is 22.6 Å². The lowest BCUT2D eigenvalue weighted by Crippen LogP contribution is -2.26. The molecule has 68 valence electrons. The molecule has 0 spiro atoms. The summed E-state index contributed by atoms with van der Waals surface area (Å²) in [5.41, 5.74) is 0. The lowest BCUT2D eigenvalue weighted by atomic mass is 10.4. The Kier molecular flexibility index (Phi) is 3.09. The van der Waals surface area contributed by atoms with Crippen molar-refractivity contribution in [3.8, 4) is 6.07 Å². The molecule has 1 rings (SSSR count). The van der Waals surface area contributed by atoms with E-state index in [1.807, 2.05) is 6.07 Å². The molecule has 0 saturated carbocycles. The van der Waals surface area contributed by atoms with Gasteiger partial charge < -0.3 is 9.32 Å². The third kappa shape index (κ3) is 2.33. The minimum Gasteiger partial charge on any atom is -0.444 e. The zero-order chi connectivity index (χ0) is 9.84. The first-order valence-electron chi connectivity index (χ1n) is 3.53. The standard InChI is InChI=1S/C8H7BrN2O2/c1-11(5-4-10)8(12)6-2-3-7(9)13-6/h2-3H,5H2,1H3. The van der Waals surface area contributed by atoms with Crippen LogP contribution in [0.4, 0.5) is 0 Å². The fourth-order valence-corrected chi connectivity index (χ4v) is 1.10. The average molecular weight is 243 g/mol. The normalized spacial score (nSPS) is 9.31. The molecule has 0 N–H and O–H groups in total. The van der Waals surface area contributed by atoms with Crippen LogP contribution in [0.25, 0.3) is 0 Å². The molecule has 0 aromatic carbocycles. The van der Waals surface area contributed by atoms with Crippen LogP contribution in [-0.2, 0) is 0 Å². The summed E-state index contributed by atoms with van der Waals surface area (Å²) in [5.74, 6) is -0.0723. The van der Waals surface area contributed by atoms with E-state index in [1.165, 1.54) is 4.90 Å². The third-order valence-corrected chi connectivity index (χ3v) is 1.86. The van der Waals surface area contributed by atoms with Crippen molar-refractivity contribution in [2.24, 2.45) is 0 Å². The summed E-state index contributed by atoms with van der Waals surface area (Å²) in [4.78, 5) is 12.7. The van der Waals surface area contributed by atoms with Gasteiger partial charge in [0.05, 0.1) is 6.07 Å². The molecule has 0 saturated heterocycles. The van der Waals surface area contributed by atoms with Gasteiger partial charge in [0.2, 0.25) is 0 Å². The summed E-state index contributed by atoms with van der Waals surface area (Å²) in [5, 5.41) is 8.35. The number of hydrogen-bond acceptors (Lipinski definition) is 3. The summed E-state index contributed by atoms with van der Waals surface area (Å²) >= 11 is 3.09. The summed E-state index contributed by atoms with van der Waals surface area (Å²) in [6, 6.07) is 5.06. The highest BCUT2D eigenvalue weighted by Crippen LogP contribution is 2.15. The van der Waals surface area contributed by atoms with Crippen molar-refractivity contribution >= 4 is 21.8 Å². The number of furan rings is 1. The van der Waals surface area contributed by atoms with Crippen molar-refractivity contribution < 1.29 is 9.21 Å². The Bertz CT molecular complexity index is 353. The molecule has 1 heterocycles. The van der Waals surface area contributed by atoms with Crippen LogP contribution < -0.4 is 0 Å². The molecule has 0 aliphatic rings. The van der Waals surface area contributed by atoms with Gasteiger partial charge in [0.15, 0.2) is 10.4 Å². The van der Waals surface area contributed by atoms with E-state index in [0.29, 0.717) is 4.67 Å². The number of rotatable bonds is 2. The number of halogens is 1. The first-order valence-corrected chi connectivity index (χ1v) is 4.32. The van der Waals surface area contributed by atoms with Gasteiger partial charge in [-0.25, -0.2) is 0 Å². The van der Waals surface area contributed by atoms with E-state index in [0.717, 1.165) is 0 Å². The maximum absolute atomic E-state index is 11.4. The van der Waals surface area contributed by atoms with Crippen LogP contribution in [0.1, 0.15) is 10.6 Å². The molecule has 13 heavy (non-hydrogen) atoms. The topological polar surface area (TPSA) is 57.2 Å². The highest BCUT2D eigenvalue weighted by molar-refractivity contribution is 9.10. The predicted molar refractivity (Wildman–Crippen MR) is 49.0 cm³/mol. The van der Waals surface area contributed by atoms with E-state index in [-0.39, 0.29) is 18.2 Å². The predicted octanol–water partition coefficient (Wildman–Crippen LogP) is 1.64. The molecule has 4 nitrogen and oxygen atoms in total. The zero-order valence-corrected chi connectivity index (χ0v) is 8.54. The lowest BCUT2D eigenvalue weighted by Gasteiger charge is -2.09. The van der Waals surface area contributed by atoms with Gasteiger partial charge in [-0.2, -0.15) is 5.26 Å². The average Bonchev–Trinajstić information content (AvgIpc) is 2.51. The van der Waals surface area contributed by atoms with Crippen molar-refractivity contribution in [1.82, 2.24) is 4.90 Å². The number of nitriles is 1. The molecule has 0 bridgehead atoms. The Hall–Kier alpha value is -1.28. The van der Waals surface area contributed by atoms with Gasteiger partial charge in [-0.05, 0) is 28.1 Å². The molecule has 0 aliphatic carbocycles. The van der Waals surface area contributed by atoms with Crippen molar-refractivity contribution in [2.75, 3.05) is 13.6 Å². The quantitative estimate of drug-likeness (QED) is 0.742. The van der Waals surface area contributed by atoms with Crippen LogP contribution in [0.15, 0.2) is 21.2 Å². The molecular formula is C8H7BrN2O2. The Labute approximate surface area is 83.9 Å². The second kappa shape index (κ2) is 4.10. The molecule has 0 aliphatic heterocycles. The van der Waals surface area contributed by atoms with E-state index in [2.05, 4.69) is 15.9 Å². The minimum atomic E-state index is -0.299. The van der Waals surface area contributed by atoms with Gasteiger partial charge in [-0.3, -0.25) is 4.79 Å². The number of carbonyl (C=O) groups excluding carboxylic acids is 1. The first-order chi connectivity index (χ1) is 6.15. The van der Waals surface area contributed by atoms with Crippen LogP contribution in [0.3, 0.4) is 0 Å². The molecule has 1 aromatic heterocycles. The monoisotopic (exact) mass is 242 g/mol. The molecular weight excluding hydrogens is 236 g/mol. The van der Waals surface area contributed by atoms with Gasteiger partial charge >= 0.3 is 0 Å². The molecule has 0 unspecified atom stereocenters. The molecule has 5 heteroatoms. The van der Waals surface area contributed by atoms with E-state index in [4.69, 9.17) is 9.68 Å². The van der Waals surface area contributed by atoms with Crippen LogP contribution in [0.5, 0.6) is 0 Å². The van der Waals surface area contributed by atoms with E-state index < -0.39 is 0 Å². The van der Waals surface area contributed by atoms with Gasteiger partial charge in [0, 0.05) is 7.05 Å². The van der Waals surface area contributed by atoms with Gasteiger partial charge in [0.1, 0.15) is 6.54 Å². The van der Waals surface area contributed by atoms with E-state index in [1.54, 1.807) is 19.2 Å². The smallest absolute Gasteiger partial charge is 0.290 e. The van der Waals surface area contributed by atoms with Gasteiger partial charge in [-0.15, -0.1) is 0 Å². The summed E-state index contributed by atoms with van der Waals surface area (Å²) in [6.45, 7) is 0.0527. The van der Waals surface area contributed by atoms with Gasteiger partial charge in [-0.1, -0.05) is 0 Å². The summed E-state index contributed by atoms with van der Waals surface area (Å²) < 4.78 is 5.53. The highest BCUT2D eigenvalue weighted by atomic mass is 79.9.